The molecule has 0 aromatic heterocycles. The van der Waals surface area contributed by atoms with E-state index in [1.165, 1.54) is 11.6 Å². The summed E-state index contributed by atoms with van der Waals surface area (Å²) in [6, 6.07) is 13.1. The highest BCUT2D eigenvalue weighted by molar-refractivity contribution is 5.92. The van der Waals surface area contributed by atoms with Crippen LogP contribution in [0.4, 0.5) is 15.8 Å². The minimum Gasteiger partial charge on any atom is -0.370 e. The summed E-state index contributed by atoms with van der Waals surface area (Å²) in [5.41, 5.74) is 9.36. The van der Waals surface area contributed by atoms with Crippen LogP contribution in [0.15, 0.2) is 47.5 Å². The van der Waals surface area contributed by atoms with Crippen LogP contribution in [0.1, 0.15) is 25.0 Å². The Kier molecular flexibility index (Phi) is 6.18. The highest BCUT2D eigenvalue weighted by atomic mass is 19.1. The average Bonchev–Trinajstić information content (AvgIpc) is 2.58. The third kappa shape index (κ3) is 4.72. The van der Waals surface area contributed by atoms with Crippen LogP contribution >= 0.6 is 0 Å². The summed E-state index contributed by atoms with van der Waals surface area (Å²) in [5.74, 6) is 0.0866. The first-order chi connectivity index (χ1) is 11.5. The molecule has 0 bridgehead atoms. The summed E-state index contributed by atoms with van der Waals surface area (Å²) in [7, 11) is 0. The molecule has 128 valence electrons. The zero-order chi connectivity index (χ0) is 17.5. The molecule has 0 fully saturated rings. The van der Waals surface area contributed by atoms with Crippen molar-refractivity contribution in [2.75, 3.05) is 23.3 Å². The second-order valence-electron chi connectivity index (χ2n) is 5.65. The molecule has 4 nitrogen and oxygen atoms in total. The molecule has 0 atom stereocenters. The van der Waals surface area contributed by atoms with E-state index in [1.54, 1.807) is 6.07 Å². The van der Waals surface area contributed by atoms with Crippen LogP contribution in [0, 0.1) is 12.7 Å². The fourth-order valence-corrected chi connectivity index (χ4v) is 2.47. The van der Waals surface area contributed by atoms with Gasteiger partial charge in [-0.1, -0.05) is 23.8 Å². The molecule has 2 rings (SSSR count). The Labute approximate surface area is 143 Å². The van der Waals surface area contributed by atoms with E-state index >= 15 is 0 Å². The van der Waals surface area contributed by atoms with Crippen molar-refractivity contribution >= 4 is 17.3 Å². The van der Waals surface area contributed by atoms with E-state index < -0.39 is 0 Å². The summed E-state index contributed by atoms with van der Waals surface area (Å²) in [4.78, 5) is 6.25. The highest BCUT2D eigenvalue weighted by Crippen LogP contribution is 2.20. The smallest absolute Gasteiger partial charge is 0.193 e. The lowest BCUT2D eigenvalue weighted by Gasteiger charge is -2.21. The summed E-state index contributed by atoms with van der Waals surface area (Å²) in [6.07, 6.45) is 0. The molecule has 0 saturated heterocycles. The number of guanidine groups is 1. The monoisotopic (exact) mass is 328 g/mol. The van der Waals surface area contributed by atoms with Crippen molar-refractivity contribution in [3.8, 4) is 0 Å². The molecule has 0 radical (unpaired) electrons. The molecule has 0 heterocycles. The molecular formula is C19H25FN4. The standard InChI is InChI=1S/C19H25FN4/c1-4-24(5-2)18-11-8-15(12-17(18)20)13-22-19(21)23-16-9-6-14(3)7-10-16/h6-12H,4-5,13H2,1-3H3,(H3,21,22,23). The minimum absolute atomic E-state index is 0.225. The number of benzene rings is 2. The van der Waals surface area contributed by atoms with Gasteiger partial charge >= 0.3 is 0 Å². The van der Waals surface area contributed by atoms with Crippen molar-refractivity contribution in [1.29, 1.82) is 0 Å². The summed E-state index contributed by atoms with van der Waals surface area (Å²) in [5, 5.41) is 3.03. The number of hydrogen-bond donors (Lipinski definition) is 2. The van der Waals surface area contributed by atoms with Crippen molar-refractivity contribution in [3.05, 3.63) is 59.4 Å². The van der Waals surface area contributed by atoms with Gasteiger partial charge in [-0.3, -0.25) is 0 Å². The molecule has 2 aromatic carbocycles. The van der Waals surface area contributed by atoms with E-state index in [9.17, 15) is 4.39 Å². The maximum Gasteiger partial charge on any atom is 0.193 e. The predicted molar refractivity (Wildman–Crippen MR) is 100 cm³/mol. The number of aliphatic imine (C=N–C) groups is 1. The van der Waals surface area contributed by atoms with Crippen LogP contribution in [0.25, 0.3) is 0 Å². The summed E-state index contributed by atoms with van der Waals surface area (Å²) in [6.45, 7) is 7.94. The molecule has 3 N–H and O–H groups in total. The molecule has 5 heteroatoms. The van der Waals surface area contributed by atoms with Gasteiger partial charge in [0, 0.05) is 18.8 Å². The van der Waals surface area contributed by atoms with Gasteiger partial charge in [-0.25, -0.2) is 9.38 Å². The van der Waals surface area contributed by atoms with Gasteiger partial charge in [0.1, 0.15) is 5.82 Å². The van der Waals surface area contributed by atoms with Crippen LogP contribution < -0.4 is 16.0 Å². The Bertz CT molecular complexity index is 691. The van der Waals surface area contributed by atoms with Gasteiger partial charge in [0.05, 0.1) is 12.2 Å². The maximum absolute atomic E-state index is 14.2. The van der Waals surface area contributed by atoms with E-state index in [4.69, 9.17) is 5.73 Å². The van der Waals surface area contributed by atoms with Gasteiger partial charge in [-0.2, -0.15) is 0 Å². The van der Waals surface area contributed by atoms with E-state index in [-0.39, 0.29) is 5.82 Å². The SMILES string of the molecule is CCN(CC)c1ccc(CN=C(N)Nc2ccc(C)cc2)cc1F. The zero-order valence-corrected chi connectivity index (χ0v) is 14.5. The largest absolute Gasteiger partial charge is 0.370 e. The number of anilines is 2. The molecule has 0 saturated carbocycles. The van der Waals surface area contributed by atoms with Gasteiger partial charge in [0.25, 0.3) is 0 Å². The summed E-state index contributed by atoms with van der Waals surface area (Å²) >= 11 is 0. The second kappa shape index (κ2) is 8.34. The predicted octanol–water partition coefficient (Wildman–Crippen LogP) is 3.91. The number of nitrogens with zero attached hydrogens (tertiary/aromatic N) is 2. The maximum atomic E-state index is 14.2. The Hall–Kier alpha value is -2.56. The fourth-order valence-electron chi connectivity index (χ4n) is 2.47. The molecule has 24 heavy (non-hydrogen) atoms. The van der Waals surface area contributed by atoms with Gasteiger partial charge in [0.2, 0.25) is 0 Å². The van der Waals surface area contributed by atoms with E-state index in [0.717, 1.165) is 24.3 Å². The Balaban J connectivity index is 2.02. The molecule has 2 aromatic rings. The third-order valence-electron chi connectivity index (χ3n) is 3.87. The Morgan fingerprint density at radius 2 is 1.79 bits per heavy atom. The van der Waals surface area contributed by atoms with Gasteiger partial charge < -0.3 is 16.0 Å². The Morgan fingerprint density at radius 1 is 1.12 bits per heavy atom. The number of hydrogen-bond acceptors (Lipinski definition) is 2. The number of nitrogens with one attached hydrogen (secondary N) is 1. The normalized spacial score (nSPS) is 11.4. The van der Waals surface area contributed by atoms with Gasteiger partial charge in [-0.05, 0) is 50.6 Å². The van der Waals surface area contributed by atoms with Crippen molar-refractivity contribution in [2.45, 2.75) is 27.3 Å². The van der Waals surface area contributed by atoms with Crippen molar-refractivity contribution in [1.82, 2.24) is 0 Å². The Morgan fingerprint density at radius 3 is 2.38 bits per heavy atom. The number of nitrogens with two attached hydrogens (primary N) is 1. The van der Waals surface area contributed by atoms with Crippen LogP contribution in [-0.2, 0) is 6.54 Å². The van der Waals surface area contributed by atoms with Crippen molar-refractivity contribution in [2.24, 2.45) is 10.7 Å². The average molecular weight is 328 g/mol. The second-order valence-corrected chi connectivity index (χ2v) is 5.65. The number of aryl methyl sites for hydroxylation is 1. The zero-order valence-electron chi connectivity index (χ0n) is 14.5. The van der Waals surface area contributed by atoms with E-state index in [1.807, 2.05) is 56.0 Å². The highest BCUT2D eigenvalue weighted by Gasteiger charge is 2.08. The number of halogens is 1. The van der Waals surface area contributed by atoms with Crippen LogP contribution in [-0.4, -0.2) is 19.0 Å². The first-order valence-corrected chi connectivity index (χ1v) is 8.20. The first-order valence-electron chi connectivity index (χ1n) is 8.20. The van der Waals surface area contributed by atoms with Crippen LogP contribution in [0.2, 0.25) is 0 Å². The molecule has 0 aliphatic carbocycles. The lowest BCUT2D eigenvalue weighted by molar-refractivity contribution is 0.618. The molecule has 0 spiro atoms. The minimum atomic E-state index is -0.225. The topological polar surface area (TPSA) is 53.6 Å². The van der Waals surface area contributed by atoms with Crippen molar-refractivity contribution in [3.63, 3.8) is 0 Å². The van der Waals surface area contributed by atoms with Gasteiger partial charge in [-0.15, -0.1) is 0 Å². The summed E-state index contributed by atoms with van der Waals surface area (Å²) < 4.78 is 14.2. The molecule has 0 unspecified atom stereocenters. The van der Waals surface area contributed by atoms with E-state index in [2.05, 4.69) is 10.3 Å². The number of rotatable bonds is 6. The van der Waals surface area contributed by atoms with Gasteiger partial charge in [0.15, 0.2) is 5.96 Å². The van der Waals surface area contributed by atoms with Crippen LogP contribution in [0.3, 0.4) is 0 Å². The van der Waals surface area contributed by atoms with E-state index in [0.29, 0.717) is 18.2 Å². The van der Waals surface area contributed by atoms with Crippen LogP contribution in [0.5, 0.6) is 0 Å². The first kappa shape index (κ1) is 17.8. The lowest BCUT2D eigenvalue weighted by Crippen LogP contribution is -2.23. The molecule has 0 aliphatic rings. The fraction of sp³-hybridized carbons (Fsp3) is 0.316. The van der Waals surface area contributed by atoms with Crippen molar-refractivity contribution < 1.29 is 4.39 Å². The molecular weight excluding hydrogens is 303 g/mol. The molecule has 0 amide bonds. The molecule has 0 aliphatic heterocycles. The third-order valence-corrected chi connectivity index (χ3v) is 3.87. The lowest BCUT2D eigenvalue weighted by atomic mass is 10.2. The quantitative estimate of drug-likeness (QED) is 0.624.